The molecule has 0 unspecified atom stereocenters. The fraction of sp³-hybridized carbons (Fsp3) is 0.364. The molecule has 6 nitrogen and oxygen atoms in total. The van der Waals surface area contributed by atoms with Gasteiger partial charge in [-0.3, -0.25) is 0 Å². The molecule has 0 aliphatic carbocycles. The third kappa shape index (κ3) is 2.46. The van der Waals surface area contributed by atoms with Crippen molar-refractivity contribution < 1.29 is 17.9 Å². The number of esters is 1. The minimum atomic E-state index is -3.58. The van der Waals surface area contributed by atoms with Gasteiger partial charge < -0.3 is 10.5 Å². The number of carbonyl (C=O) groups excluding carboxylic acids is 1. The van der Waals surface area contributed by atoms with E-state index in [-0.39, 0.29) is 16.1 Å². The van der Waals surface area contributed by atoms with Gasteiger partial charge in [0.2, 0.25) is 10.0 Å². The fourth-order valence-electron chi connectivity index (χ4n) is 1.47. The molecule has 0 aliphatic heterocycles. The van der Waals surface area contributed by atoms with E-state index in [0.29, 0.717) is 5.56 Å². The van der Waals surface area contributed by atoms with Crippen molar-refractivity contribution >= 4 is 21.7 Å². The summed E-state index contributed by atoms with van der Waals surface area (Å²) < 4.78 is 29.7. The first-order valence-corrected chi connectivity index (χ1v) is 6.56. The molecule has 0 bridgehead atoms. The zero-order valence-electron chi connectivity index (χ0n) is 10.7. The van der Waals surface area contributed by atoms with Crippen LogP contribution in [0.2, 0.25) is 0 Å². The fourth-order valence-corrected chi connectivity index (χ4v) is 2.60. The first kappa shape index (κ1) is 14.5. The van der Waals surface area contributed by atoms with Crippen molar-refractivity contribution in [3.05, 3.63) is 23.3 Å². The SMILES string of the molecule is COC(=O)c1cc(C)c(S(=O)(=O)N(C)C)cc1N. The van der Waals surface area contributed by atoms with Gasteiger partial charge in [-0.05, 0) is 24.6 Å². The molecular weight excluding hydrogens is 256 g/mol. The lowest BCUT2D eigenvalue weighted by atomic mass is 10.1. The Balaban J connectivity index is 3.46. The van der Waals surface area contributed by atoms with Crippen LogP contribution in [-0.4, -0.2) is 39.9 Å². The van der Waals surface area contributed by atoms with Gasteiger partial charge in [0.05, 0.1) is 17.6 Å². The topological polar surface area (TPSA) is 89.7 Å². The van der Waals surface area contributed by atoms with Gasteiger partial charge in [-0.25, -0.2) is 17.5 Å². The average molecular weight is 272 g/mol. The van der Waals surface area contributed by atoms with Crippen molar-refractivity contribution in [3.8, 4) is 0 Å². The molecule has 0 saturated heterocycles. The Morgan fingerprint density at radius 1 is 1.33 bits per heavy atom. The van der Waals surface area contributed by atoms with Crippen LogP contribution in [0.3, 0.4) is 0 Å². The first-order valence-electron chi connectivity index (χ1n) is 5.12. The van der Waals surface area contributed by atoms with E-state index < -0.39 is 16.0 Å². The van der Waals surface area contributed by atoms with Crippen LogP contribution < -0.4 is 5.73 Å². The van der Waals surface area contributed by atoms with Gasteiger partial charge in [0.25, 0.3) is 0 Å². The molecule has 1 rings (SSSR count). The second-order valence-corrected chi connectivity index (χ2v) is 6.10. The minimum Gasteiger partial charge on any atom is -0.465 e. The predicted molar refractivity (Wildman–Crippen MR) is 67.8 cm³/mol. The molecule has 0 heterocycles. The summed E-state index contributed by atoms with van der Waals surface area (Å²) >= 11 is 0. The van der Waals surface area contributed by atoms with Crippen LogP contribution in [0.25, 0.3) is 0 Å². The maximum Gasteiger partial charge on any atom is 0.339 e. The van der Waals surface area contributed by atoms with Gasteiger partial charge >= 0.3 is 5.97 Å². The third-order valence-corrected chi connectivity index (χ3v) is 4.47. The number of nitrogen functional groups attached to an aromatic ring is 1. The maximum absolute atomic E-state index is 12.0. The molecule has 1 aromatic carbocycles. The third-order valence-electron chi connectivity index (χ3n) is 2.51. The van der Waals surface area contributed by atoms with Gasteiger partial charge in [-0.1, -0.05) is 0 Å². The number of hydrogen-bond acceptors (Lipinski definition) is 5. The first-order chi connectivity index (χ1) is 8.21. The number of nitrogens with zero attached hydrogens (tertiary/aromatic N) is 1. The molecule has 2 N–H and O–H groups in total. The number of hydrogen-bond donors (Lipinski definition) is 1. The van der Waals surface area contributed by atoms with Crippen molar-refractivity contribution in [2.24, 2.45) is 0 Å². The Kier molecular flexibility index (Phi) is 3.98. The highest BCUT2D eigenvalue weighted by Crippen LogP contribution is 2.24. The average Bonchev–Trinajstić information content (AvgIpc) is 2.30. The molecule has 0 amide bonds. The normalized spacial score (nSPS) is 11.6. The van der Waals surface area contributed by atoms with Crippen molar-refractivity contribution in [1.82, 2.24) is 4.31 Å². The van der Waals surface area contributed by atoms with Crippen LogP contribution in [0.5, 0.6) is 0 Å². The van der Waals surface area contributed by atoms with E-state index in [1.54, 1.807) is 6.92 Å². The number of nitrogens with two attached hydrogens (primary N) is 1. The molecule has 0 radical (unpaired) electrons. The number of aryl methyl sites for hydroxylation is 1. The van der Waals surface area contributed by atoms with E-state index in [1.165, 1.54) is 33.3 Å². The number of sulfonamides is 1. The number of carbonyl (C=O) groups is 1. The number of benzene rings is 1. The van der Waals surface area contributed by atoms with Crippen molar-refractivity contribution in [2.45, 2.75) is 11.8 Å². The van der Waals surface area contributed by atoms with Crippen LogP contribution in [0.1, 0.15) is 15.9 Å². The van der Waals surface area contributed by atoms with Gasteiger partial charge in [-0.15, -0.1) is 0 Å². The smallest absolute Gasteiger partial charge is 0.339 e. The van der Waals surface area contributed by atoms with E-state index >= 15 is 0 Å². The van der Waals surface area contributed by atoms with Crippen molar-refractivity contribution in [2.75, 3.05) is 26.9 Å². The summed E-state index contributed by atoms with van der Waals surface area (Å²) in [7, 11) is 0.519. The molecule has 0 aliphatic rings. The summed E-state index contributed by atoms with van der Waals surface area (Å²) in [6.45, 7) is 1.60. The molecule has 0 saturated carbocycles. The second kappa shape index (κ2) is 4.95. The lowest BCUT2D eigenvalue weighted by Crippen LogP contribution is -2.23. The zero-order chi connectivity index (χ0) is 14.1. The highest BCUT2D eigenvalue weighted by atomic mass is 32.2. The quantitative estimate of drug-likeness (QED) is 0.643. The molecule has 0 atom stereocenters. The number of methoxy groups -OCH3 is 1. The van der Waals surface area contributed by atoms with Gasteiger partial charge in [0.15, 0.2) is 0 Å². The molecular formula is C11H16N2O4S. The van der Waals surface area contributed by atoms with Crippen LogP contribution in [0, 0.1) is 6.92 Å². The Morgan fingerprint density at radius 3 is 2.33 bits per heavy atom. The molecule has 0 fully saturated rings. The zero-order valence-corrected chi connectivity index (χ0v) is 11.5. The minimum absolute atomic E-state index is 0.0767. The molecule has 0 aromatic heterocycles. The summed E-state index contributed by atoms with van der Waals surface area (Å²) in [4.78, 5) is 11.5. The maximum atomic E-state index is 12.0. The van der Waals surface area contributed by atoms with Crippen LogP contribution in [-0.2, 0) is 14.8 Å². The summed E-state index contributed by atoms with van der Waals surface area (Å²) in [5, 5.41) is 0. The Hall–Kier alpha value is -1.60. The van der Waals surface area contributed by atoms with Gasteiger partial charge in [0.1, 0.15) is 0 Å². The van der Waals surface area contributed by atoms with Crippen LogP contribution >= 0.6 is 0 Å². The molecule has 7 heteroatoms. The van der Waals surface area contributed by atoms with E-state index in [4.69, 9.17) is 5.73 Å². The van der Waals surface area contributed by atoms with Crippen LogP contribution in [0.15, 0.2) is 17.0 Å². The van der Waals surface area contributed by atoms with Gasteiger partial charge in [0, 0.05) is 19.8 Å². The number of anilines is 1. The number of ether oxygens (including phenoxy) is 1. The monoisotopic (exact) mass is 272 g/mol. The van der Waals surface area contributed by atoms with E-state index in [9.17, 15) is 13.2 Å². The van der Waals surface area contributed by atoms with E-state index in [0.717, 1.165) is 4.31 Å². The summed E-state index contributed by atoms with van der Waals surface area (Å²) in [6.07, 6.45) is 0. The van der Waals surface area contributed by atoms with Crippen molar-refractivity contribution in [3.63, 3.8) is 0 Å². The van der Waals surface area contributed by atoms with Crippen molar-refractivity contribution in [1.29, 1.82) is 0 Å². The number of rotatable bonds is 3. The molecule has 1 aromatic rings. The van der Waals surface area contributed by atoms with Gasteiger partial charge in [-0.2, -0.15) is 0 Å². The molecule has 18 heavy (non-hydrogen) atoms. The van der Waals surface area contributed by atoms with Crippen LogP contribution in [0.4, 0.5) is 5.69 Å². The lowest BCUT2D eigenvalue weighted by molar-refractivity contribution is 0.0601. The summed E-state index contributed by atoms with van der Waals surface area (Å²) in [5.41, 5.74) is 6.36. The standard InChI is InChI=1S/C11H16N2O4S/c1-7-5-8(11(14)17-4)9(12)6-10(7)18(15,16)13(2)3/h5-6H,12H2,1-4H3. The van der Waals surface area contributed by atoms with E-state index in [2.05, 4.69) is 4.74 Å². The Morgan fingerprint density at radius 2 is 1.89 bits per heavy atom. The summed E-state index contributed by atoms with van der Waals surface area (Å²) in [5.74, 6) is -0.593. The largest absolute Gasteiger partial charge is 0.465 e. The molecule has 0 spiro atoms. The Labute approximate surface area is 106 Å². The highest BCUT2D eigenvalue weighted by Gasteiger charge is 2.22. The van der Waals surface area contributed by atoms with E-state index in [1.807, 2.05) is 0 Å². The summed E-state index contributed by atoms with van der Waals surface area (Å²) in [6, 6.07) is 2.69. The lowest BCUT2D eigenvalue weighted by Gasteiger charge is -2.15. The second-order valence-electron chi connectivity index (χ2n) is 3.98. The highest BCUT2D eigenvalue weighted by molar-refractivity contribution is 7.89. The Bertz CT molecular complexity index is 579. The molecule has 100 valence electrons. The predicted octanol–water partition coefficient (Wildman–Crippen LogP) is 0.614.